The van der Waals surface area contributed by atoms with Crippen molar-refractivity contribution in [2.75, 3.05) is 5.32 Å². The minimum absolute atomic E-state index is 0.0132. The van der Waals surface area contributed by atoms with Gasteiger partial charge in [-0.15, -0.1) is 0 Å². The molecule has 0 heterocycles. The molecule has 130 valence electrons. The Morgan fingerprint density at radius 2 is 1.62 bits per heavy atom. The van der Waals surface area contributed by atoms with Gasteiger partial charge in [-0.3, -0.25) is 9.59 Å². The topological polar surface area (TPSA) is 58.2 Å². The Morgan fingerprint density at radius 1 is 0.958 bits per heavy atom. The average molecular weight is 369 g/mol. The highest BCUT2D eigenvalue weighted by Gasteiger charge is 2.48. The summed E-state index contributed by atoms with van der Waals surface area (Å²) in [5.74, 6) is -0.642. The van der Waals surface area contributed by atoms with E-state index in [0.29, 0.717) is 22.2 Å². The summed E-state index contributed by atoms with van der Waals surface area (Å²) in [6, 6.07) is 5.19. The molecule has 2 aliphatic rings. The zero-order chi connectivity index (χ0) is 17.1. The fourth-order valence-corrected chi connectivity index (χ4v) is 3.66. The van der Waals surface area contributed by atoms with E-state index in [1.165, 1.54) is 25.7 Å². The second-order valence-electron chi connectivity index (χ2n) is 6.76. The molecule has 0 bridgehead atoms. The fraction of sp³-hybridized carbons (Fsp3) is 0.556. The van der Waals surface area contributed by atoms with Crippen molar-refractivity contribution >= 4 is 40.7 Å². The van der Waals surface area contributed by atoms with Crippen LogP contribution >= 0.6 is 23.2 Å². The third-order valence-corrected chi connectivity index (χ3v) is 5.42. The maximum absolute atomic E-state index is 12.3. The molecule has 2 saturated carbocycles. The molecule has 3 rings (SSSR count). The summed E-state index contributed by atoms with van der Waals surface area (Å²) < 4.78 is 0. The molecule has 1 aromatic carbocycles. The second-order valence-corrected chi connectivity index (χ2v) is 7.60. The number of hydrogen-bond acceptors (Lipinski definition) is 2. The fourth-order valence-electron chi connectivity index (χ4n) is 3.33. The molecule has 2 unspecified atom stereocenters. The van der Waals surface area contributed by atoms with Crippen molar-refractivity contribution in [2.24, 2.45) is 11.8 Å². The average Bonchev–Trinajstić information content (AvgIpc) is 3.35. The molecule has 24 heavy (non-hydrogen) atoms. The Bertz CT molecular complexity index is 627. The summed E-state index contributed by atoms with van der Waals surface area (Å²) in [6.07, 6.45) is 7.55. The molecule has 0 radical (unpaired) electrons. The Labute approximate surface area is 152 Å². The maximum atomic E-state index is 12.3. The minimum atomic E-state index is -0.272. The highest BCUT2D eigenvalue weighted by atomic mass is 35.5. The molecule has 0 aromatic heterocycles. The first-order valence-corrected chi connectivity index (χ1v) is 9.36. The van der Waals surface area contributed by atoms with E-state index in [1.54, 1.807) is 18.2 Å². The van der Waals surface area contributed by atoms with Crippen LogP contribution in [0.4, 0.5) is 5.69 Å². The van der Waals surface area contributed by atoms with Gasteiger partial charge in [0.05, 0.1) is 22.5 Å². The van der Waals surface area contributed by atoms with Crippen LogP contribution in [0.15, 0.2) is 18.2 Å². The molecule has 2 atom stereocenters. The van der Waals surface area contributed by atoms with E-state index in [0.717, 1.165) is 12.8 Å². The zero-order valence-corrected chi connectivity index (χ0v) is 15.0. The number of carbonyl (C=O) groups excluding carboxylic acids is 2. The van der Waals surface area contributed by atoms with E-state index in [2.05, 4.69) is 10.6 Å². The Hall–Kier alpha value is -1.26. The van der Waals surface area contributed by atoms with Gasteiger partial charge < -0.3 is 10.6 Å². The summed E-state index contributed by atoms with van der Waals surface area (Å²) in [4.78, 5) is 24.6. The molecule has 4 nitrogen and oxygen atoms in total. The smallest absolute Gasteiger partial charge is 0.228 e. The lowest BCUT2D eigenvalue weighted by molar-refractivity contribution is -0.125. The Kier molecular flexibility index (Phi) is 5.67. The van der Waals surface area contributed by atoms with Crippen molar-refractivity contribution in [3.63, 3.8) is 0 Å². The van der Waals surface area contributed by atoms with Gasteiger partial charge in [-0.2, -0.15) is 0 Å². The first kappa shape index (κ1) is 17.6. The quantitative estimate of drug-likeness (QED) is 0.773. The van der Waals surface area contributed by atoms with Crippen LogP contribution in [0.3, 0.4) is 0 Å². The number of anilines is 1. The van der Waals surface area contributed by atoms with Crippen molar-refractivity contribution < 1.29 is 9.59 Å². The summed E-state index contributed by atoms with van der Waals surface area (Å²) >= 11 is 12.0. The number of benzene rings is 1. The summed E-state index contributed by atoms with van der Waals surface area (Å²) in [5.41, 5.74) is 0.490. The van der Waals surface area contributed by atoms with E-state index in [4.69, 9.17) is 23.2 Å². The van der Waals surface area contributed by atoms with Gasteiger partial charge in [-0.25, -0.2) is 0 Å². The van der Waals surface area contributed by atoms with E-state index in [9.17, 15) is 9.59 Å². The monoisotopic (exact) mass is 368 g/mol. The Morgan fingerprint density at radius 3 is 2.33 bits per heavy atom. The number of rotatable bonds is 4. The van der Waals surface area contributed by atoms with Crippen LogP contribution in [0.2, 0.25) is 10.0 Å². The van der Waals surface area contributed by atoms with Gasteiger partial charge >= 0.3 is 0 Å². The van der Waals surface area contributed by atoms with Crippen LogP contribution in [0, 0.1) is 11.8 Å². The molecule has 0 spiro atoms. The molecule has 1 aromatic rings. The van der Waals surface area contributed by atoms with Crippen molar-refractivity contribution in [1.29, 1.82) is 0 Å². The van der Waals surface area contributed by atoms with Crippen molar-refractivity contribution in [2.45, 2.75) is 51.0 Å². The maximum Gasteiger partial charge on any atom is 0.228 e. The number of nitrogens with one attached hydrogen (secondary N) is 2. The van der Waals surface area contributed by atoms with Crippen LogP contribution < -0.4 is 10.6 Å². The molecule has 0 saturated heterocycles. The third-order valence-electron chi connectivity index (χ3n) is 4.85. The Balaban J connectivity index is 1.51. The van der Waals surface area contributed by atoms with Gasteiger partial charge in [-0.1, -0.05) is 48.9 Å². The summed E-state index contributed by atoms with van der Waals surface area (Å²) in [5, 5.41) is 6.85. The number of halogens is 2. The normalized spacial score (nSPS) is 24.1. The van der Waals surface area contributed by atoms with Gasteiger partial charge in [0, 0.05) is 11.1 Å². The molecular weight excluding hydrogens is 347 g/mol. The first-order valence-electron chi connectivity index (χ1n) is 8.61. The predicted molar refractivity (Wildman–Crippen MR) is 96.3 cm³/mol. The van der Waals surface area contributed by atoms with Gasteiger partial charge in [-0.05, 0) is 37.5 Å². The lowest BCUT2D eigenvalue weighted by Crippen LogP contribution is -2.36. The number of hydrogen-bond donors (Lipinski definition) is 2. The van der Waals surface area contributed by atoms with Crippen LogP contribution in [0.25, 0.3) is 0 Å². The standard InChI is InChI=1S/C18H22Cl2N2O2/c19-11-7-8-15(20)16(9-11)22-18(24)14-10-13(14)17(23)21-12-5-3-1-2-4-6-12/h7-9,12-14H,1-6,10H2,(H,21,23)(H,22,24). The van der Waals surface area contributed by atoms with Gasteiger partial charge in [0.15, 0.2) is 0 Å². The molecule has 0 aliphatic heterocycles. The predicted octanol–water partition coefficient (Wildman–Crippen LogP) is 4.41. The van der Waals surface area contributed by atoms with Gasteiger partial charge in [0.25, 0.3) is 0 Å². The van der Waals surface area contributed by atoms with Crippen molar-refractivity contribution in [1.82, 2.24) is 5.32 Å². The first-order chi connectivity index (χ1) is 11.5. The van der Waals surface area contributed by atoms with Crippen LogP contribution in [0.5, 0.6) is 0 Å². The molecule has 2 aliphatic carbocycles. The van der Waals surface area contributed by atoms with Gasteiger partial charge in [0.1, 0.15) is 0 Å². The van der Waals surface area contributed by atoms with E-state index in [1.807, 2.05) is 0 Å². The van der Waals surface area contributed by atoms with Gasteiger partial charge in [0.2, 0.25) is 11.8 Å². The van der Waals surface area contributed by atoms with Crippen molar-refractivity contribution in [3.05, 3.63) is 28.2 Å². The highest BCUT2D eigenvalue weighted by molar-refractivity contribution is 6.35. The largest absolute Gasteiger partial charge is 0.353 e. The summed E-state index contributed by atoms with van der Waals surface area (Å²) in [6.45, 7) is 0. The van der Waals surface area contributed by atoms with Crippen LogP contribution in [-0.4, -0.2) is 17.9 Å². The minimum Gasteiger partial charge on any atom is -0.353 e. The number of carbonyl (C=O) groups is 2. The summed E-state index contributed by atoms with van der Waals surface area (Å²) in [7, 11) is 0. The molecule has 6 heteroatoms. The van der Waals surface area contributed by atoms with E-state index in [-0.39, 0.29) is 29.7 Å². The van der Waals surface area contributed by atoms with Crippen LogP contribution in [0.1, 0.15) is 44.9 Å². The lowest BCUT2D eigenvalue weighted by Gasteiger charge is -2.16. The number of amides is 2. The second kappa shape index (κ2) is 7.75. The molecule has 2 fully saturated rings. The SMILES string of the molecule is O=C(Nc1cc(Cl)ccc1Cl)C1CC1C(=O)NC1CCCCCC1. The van der Waals surface area contributed by atoms with E-state index >= 15 is 0 Å². The molecular formula is C18H22Cl2N2O2. The van der Waals surface area contributed by atoms with E-state index < -0.39 is 0 Å². The van der Waals surface area contributed by atoms with Crippen LogP contribution in [-0.2, 0) is 9.59 Å². The molecule has 2 N–H and O–H groups in total. The third kappa shape index (κ3) is 4.42. The zero-order valence-electron chi connectivity index (χ0n) is 13.5. The lowest BCUT2D eigenvalue weighted by atomic mass is 10.1. The highest BCUT2D eigenvalue weighted by Crippen LogP contribution is 2.40. The molecule has 2 amide bonds. The van der Waals surface area contributed by atoms with Crippen molar-refractivity contribution in [3.8, 4) is 0 Å².